The minimum Gasteiger partial charge on any atom is -0.497 e. The third-order valence-electron chi connectivity index (χ3n) is 1.63. The molecule has 1 aromatic rings. The Bertz CT molecular complexity index is 220. The Labute approximate surface area is 72.5 Å². The van der Waals surface area contributed by atoms with Crippen molar-refractivity contribution >= 4 is 0 Å². The highest BCUT2D eigenvalue weighted by molar-refractivity contribution is 5.26. The van der Waals surface area contributed by atoms with Crippen molar-refractivity contribution in [1.82, 2.24) is 5.32 Å². The Balaban J connectivity index is 2.53. The van der Waals surface area contributed by atoms with Crippen LogP contribution in [-0.4, -0.2) is 13.8 Å². The van der Waals surface area contributed by atoms with Crippen molar-refractivity contribution < 1.29 is 4.74 Å². The molecule has 0 amide bonds. The Hall–Kier alpha value is -1.06. The Morgan fingerprint density at radius 2 is 2.00 bits per heavy atom. The third kappa shape index (κ3) is 2.53. The summed E-state index contributed by atoms with van der Waals surface area (Å²) in [5.41, 5.74) is 6.51. The molecular weight excluding hydrogens is 152 g/mol. The lowest BCUT2D eigenvalue weighted by Gasteiger charge is -2.03. The smallest absolute Gasteiger partial charge is 0.118 e. The lowest BCUT2D eigenvalue weighted by Crippen LogP contribution is -2.21. The Kier molecular flexibility index (Phi) is 3.57. The van der Waals surface area contributed by atoms with Gasteiger partial charge in [0.05, 0.1) is 7.11 Å². The van der Waals surface area contributed by atoms with Gasteiger partial charge in [0.25, 0.3) is 0 Å². The lowest BCUT2D eigenvalue weighted by atomic mass is 10.2. The molecule has 0 bridgehead atoms. The van der Waals surface area contributed by atoms with Crippen molar-refractivity contribution in [2.45, 2.75) is 6.54 Å². The van der Waals surface area contributed by atoms with Gasteiger partial charge in [-0.1, -0.05) is 12.1 Å². The number of methoxy groups -OCH3 is 1. The van der Waals surface area contributed by atoms with Gasteiger partial charge in [-0.3, -0.25) is 0 Å². The first-order valence-electron chi connectivity index (χ1n) is 3.90. The minimum absolute atomic E-state index is 0.506. The van der Waals surface area contributed by atoms with E-state index in [-0.39, 0.29) is 0 Å². The molecule has 0 radical (unpaired) electrons. The molecule has 0 atom stereocenters. The van der Waals surface area contributed by atoms with E-state index in [4.69, 9.17) is 10.5 Å². The van der Waals surface area contributed by atoms with E-state index in [1.165, 1.54) is 5.56 Å². The zero-order valence-electron chi connectivity index (χ0n) is 7.21. The van der Waals surface area contributed by atoms with Crippen LogP contribution in [0.3, 0.4) is 0 Å². The largest absolute Gasteiger partial charge is 0.497 e. The Morgan fingerprint density at radius 3 is 2.50 bits per heavy atom. The molecule has 3 N–H and O–H groups in total. The molecule has 0 spiro atoms. The molecule has 1 rings (SSSR count). The average molecular weight is 166 g/mol. The predicted molar refractivity (Wildman–Crippen MR) is 48.9 cm³/mol. The maximum Gasteiger partial charge on any atom is 0.118 e. The first kappa shape index (κ1) is 9.03. The molecule has 0 saturated heterocycles. The van der Waals surface area contributed by atoms with Gasteiger partial charge < -0.3 is 15.8 Å². The minimum atomic E-state index is 0.506. The number of ether oxygens (including phenoxy) is 1. The molecule has 12 heavy (non-hydrogen) atoms. The third-order valence-corrected chi connectivity index (χ3v) is 1.63. The fourth-order valence-corrected chi connectivity index (χ4v) is 0.960. The van der Waals surface area contributed by atoms with Crippen molar-refractivity contribution in [3.63, 3.8) is 0 Å². The SMILES string of the molecule is COc1ccc(CNCN)cc1. The second-order valence-electron chi connectivity index (χ2n) is 2.48. The lowest BCUT2D eigenvalue weighted by molar-refractivity contribution is 0.414. The summed E-state index contributed by atoms with van der Waals surface area (Å²) in [6, 6.07) is 7.91. The van der Waals surface area contributed by atoms with Crippen molar-refractivity contribution in [2.24, 2.45) is 5.73 Å². The Morgan fingerprint density at radius 1 is 1.33 bits per heavy atom. The summed E-state index contributed by atoms with van der Waals surface area (Å²) >= 11 is 0. The van der Waals surface area contributed by atoms with Gasteiger partial charge in [-0.15, -0.1) is 0 Å². The zero-order valence-corrected chi connectivity index (χ0v) is 7.21. The van der Waals surface area contributed by atoms with E-state index in [9.17, 15) is 0 Å². The molecule has 1 aromatic carbocycles. The summed E-state index contributed by atoms with van der Waals surface area (Å²) < 4.78 is 5.03. The van der Waals surface area contributed by atoms with Crippen LogP contribution in [0.25, 0.3) is 0 Å². The molecule has 0 aliphatic heterocycles. The van der Waals surface area contributed by atoms with Gasteiger partial charge in [-0.25, -0.2) is 0 Å². The van der Waals surface area contributed by atoms with Crippen LogP contribution in [0.2, 0.25) is 0 Å². The van der Waals surface area contributed by atoms with Crippen LogP contribution in [-0.2, 0) is 6.54 Å². The van der Waals surface area contributed by atoms with Crippen molar-refractivity contribution in [2.75, 3.05) is 13.8 Å². The van der Waals surface area contributed by atoms with E-state index in [0.29, 0.717) is 6.67 Å². The summed E-state index contributed by atoms with van der Waals surface area (Å²) in [7, 11) is 1.66. The molecule has 0 unspecified atom stereocenters. The quantitative estimate of drug-likeness (QED) is 0.647. The normalized spacial score (nSPS) is 9.83. The molecule has 3 nitrogen and oxygen atoms in total. The van der Waals surface area contributed by atoms with Crippen molar-refractivity contribution in [1.29, 1.82) is 0 Å². The predicted octanol–water partition coefficient (Wildman–Crippen LogP) is 0.701. The fraction of sp³-hybridized carbons (Fsp3) is 0.333. The number of rotatable bonds is 4. The first-order chi connectivity index (χ1) is 5.86. The van der Waals surface area contributed by atoms with Gasteiger partial charge in [0, 0.05) is 13.2 Å². The van der Waals surface area contributed by atoms with Crippen LogP contribution in [0.5, 0.6) is 5.75 Å². The summed E-state index contributed by atoms with van der Waals surface area (Å²) in [4.78, 5) is 0. The van der Waals surface area contributed by atoms with Crippen LogP contribution in [0.4, 0.5) is 0 Å². The second kappa shape index (κ2) is 4.74. The van der Waals surface area contributed by atoms with Crippen LogP contribution in [0.1, 0.15) is 5.56 Å². The van der Waals surface area contributed by atoms with Gasteiger partial charge >= 0.3 is 0 Å². The maximum atomic E-state index is 5.30. The van der Waals surface area contributed by atoms with E-state index in [2.05, 4.69) is 5.32 Å². The highest BCUT2D eigenvalue weighted by atomic mass is 16.5. The molecule has 0 saturated carbocycles. The van der Waals surface area contributed by atoms with Gasteiger partial charge in [0.2, 0.25) is 0 Å². The number of hydrogen-bond donors (Lipinski definition) is 2. The monoisotopic (exact) mass is 166 g/mol. The van der Waals surface area contributed by atoms with Gasteiger partial charge in [-0.2, -0.15) is 0 Å². The molecular formula is C9H14N2O. The van der Waals surface area contributed by atoms with E-state index in [1.54, 1.807) is 7.11 Å². The van der Waals surface area contributed by atoms with E-state index in [1.807, 2.05) is 24.3 Å². The number of hydrogen-bond acceptors (Lipinski definition) is 3. The average Bonchev–Trinajstić information content (AvgIpc) is 2.15. The van der Waals surface area contributed by atoms with E-state index in [0.717, 1.165) is 12.3 Å². The van der Waals surface area contributed by atoms with Crippen LogP contribution >= 0.6 is 0 Å². The van der Waals surface area contributed by atoms with Crippen molar-refractivity contribution in [3.8, 4) is 5.75 Å². The van der Waals surface area contributed by atoms with Crippen LogP contribution in [0, 0.1) is 0 Å². The van der Waals surface area contributed by atoms with Gasteiger partial charge in [-0.05, 0) is 17.7 Å². The fourth-order valence-electron chi connectivity index (χ4n) is 0.960. The molecule has 0 aromatic heterocycles. The zero-order chi connectivity index (χ0) is 8.81. The number of nitrogens with one attached hydrogen (secondary N) is 1. The van der Waals surface area contributed by atoms with Crippen LogP contribution < -0.4 is 15.8 Å². The topological polar surface area (TPSA) is 47.3 Å². The highest BCUT2D eigenvalue weighted by Crippen LogP contribution is 2.10. The molecule has 3 heteroatoms. The molecule has 0 aliphatic carbocycles. The molecule has 66 valence electrons. The molecule has 0 fully saturated rings. The maximum absolute atomic E-state index is 5.30. The standard InChI is InChI=1S/C9H14N2O/c1-12-9-4-2-8(3-5-9)6-11-7-10/h2-5,11H,6-7,10H2,1H3. The first-order valence-corrected chi connectivity index (χ1v) is 3.90. The summed E-state index contributed by atoms with van der Waals surface area (Å²) in [6.45, 7) is 1.31. The highest BCUT2D eigenvalue weighted by Gasteiger charge is 1.91. The molecule has 0 aliphatic rings. The second-order valence-corrected chi connectivity index (χ2v) is 2.48. The molecule has 0 heterocycles. The van der Waals surface area contributed by atoms with E-state index < -0.39 is 0 Å². The number of benzene rings is 1. The summed E-state index contributed by atoms with van der Waals surface area (Å²) in [6.07, 6.45) is 0. The summed E-state index contributed by atoms with van der Waals surface area (Å²) in [5.74, 6) is 0.881. The van der Waals surface area contributed by atoms with Crippen LogP contribution in [0.15, 0.2) is 24.3 Å². The van der Waals surface area contributed by atoms with Gasteiger partial charge in [0.15, 0.2) is 0 Å². The van der Waals surface area contributed by atoms with E-state index >= 15 is 0 Å². The van der Waals surface area contributed by atoms with Gasteiger partial charge in [0.1, 0.15) is 5.75 Å². The number of nitrogens with two attached hydrogens (primary N) is 1. The summed E-state index contributed by atoms with van der Waals surface area (Å²) in [5, 5.41) is 3.04. The van der Waals surface area contributed by atoms with Crippen molar-refractivity contribution in [3.05, 3.63) is 29.8 Å².